The number of anilines is 1. The van der Waals surface area contributed by atoms with Gasteiger partial charge in [-0.1, -0.05) is 12.1 Å². The first kappa shape index (κ1) is 28.0. The van der Waals surface area contributed by atoms with Gasteiger partial charge in [0.1, 0.15) is 17.0 Å². The van der Waals surface area contributed by atoms with Crippen LogP contribution in [-0.4, -0.2) is 45.9 Å². The number of carbonyl (C=O) groups is 3. The molecular weight excluding hydrogens is 533 g/mol. The minimum atomic E-state index is -4.45. The highest BCUT2D eigenvalue weighted by Crippen LogP contribution is 2.39. The van der Waals surface area contributed by atoms with Crippen molar-refractivity contribution in [1.29, 1.82) is 0 Å². The molecular formula is C27H25F3N4O4S. The van der Waals surface area contributed by atoms with E-state index in [1.54, 1.807) is 45.2 Å². The molecule has 0 spiro atoms. The Bertz CT molecular complexity index is 1380. The Morgan fingerprint density at radius 1 is 1.03 bits per heavy atom. The first-order chi connectivity index (χ1) is 18.4. The summed E-state index contributed by atoms with van der Waals surface area (Å²) in [6, 6.07) is 14.8. The Labute approximate surface area is 227 Å². The molecule has 1 saturated heterocycles. The van der Waals surface area contributed by atoms with Crippen LogP contribution in [0.15, 0.2) is 71.8 Å². The lowest BCUT2D eigenvalue weighted by molar-refractivity contribution is -0.123. The molecule has 0 radical (unpaired) electrons. The van der Waals surface area contributed by atoms with Gasteiger partial charge in [0.2, 0.25) is 0 Å². The predicted octanol–water partition coefficient (Wildman–Crippen LogP) is 5.38. The summed E-state index contributed by atoms with van der Waals surface area (Å²) in [6.45, 7) is 3.46. The minimum absolute atomic E-state index is 0.0113. The Kier molecular flexibility index (Phi) is 7.86. The van der Waals surface area contributed by atoms with E-state index >= 15 is 0 Å². The molecule has 1 aliphatic rings. The SMILES string of the molecule is COc1ccc(CNC(=O)c2cc(CN3C(=O)N(c4ccc(SC(F)(F)F)cc4)C(=O)C3(C)C)ccn2)cc1. The van der Waals surface area contributed by atoms with E-state index in [4.69, 9.17) is 4.74 Å². The quantitative estimate of drug-likeness (QED) is 0.295. The molecule has 0 bridgehead atoms. The van der Waals surface area contributed by atoms with Crippen LogP contribution in [0.1, 0.15) is 35.5 Å². The summed E-state index contributed by atoms with van der Waals surface area (Å²) >= 11 is -0.280. The van der Waals surface area contributed by atoms with Crippen LogP contribution in [0, 0.1) is 0 Å². The van der Waals surface area contributed by atoms with Gasteiger partial charge in [-0.2, -0.15) is 13.2 Å². The minimum Gasteiger partial charge on any atom is -0.497 e. The number of alkyl halides is 3. The monoisotopic (exact) mass is 558 g/mol. The average Bonchev–Trinajstić information content (AvgIpc) is 3.06. The lowest BCUT2D eigenvalue weighted by Crippen LogP contribution is -2.43. The topological polar surface area (TPSA) is 91.8 Å². The van der Waals surface area contributed by atoms with Crippen LogP contribution in [0.25, 0.3) is 0 Å². The van der Waals surface area contributed by atoms with E-state index in [9.17, 15) is 27.6 Å². The second-order valence-electron chi connectivity index (χ2n) is 9.19. The van der Waals surface area contributed by atoms with Crippen LogP contribution >= 0.6 is 11.8 Å². The zero-order valence-electron chi connectivity index (χ0n) is 21.3. The van der Waals surface area contributed by atoms with Crippen molar-refractivity contribution in [2.45, 2.75) is 42.9 Å². The van der Waals surface area contributed by atoms with Gasteiger partial charge in [-0.05, 0) is 85.3 Å². The summed E-state index contributed by atoms with van der Waals surface area (Å²) in [6.07, 6.45) is 1.45. The summed E-state index contributed by atoms with van der Waals surface area (Å²) in [5.41, 5.74) is -3.93. The zero-order valence-corrected chi connectivity index (χ0v) is 22.1. The van der Waals surface area contributed by atoms with E-state index in [1.165, 1.54) is 35.4 Å². The number of methoxy groups -OCH3 is 1. The van der Waals surface area contributed by atoms with Gasteiger partial charge in [-0.25, -0.2) is 9.69 Å². The van der Waals surface area contributed by atoms with Crippen molar-refractivity contribution in [2.24, 2.45) is 0 Å². The molecule has 0 saturated carbocycles. The number of halogens is 3. The Morgan fingerprint density at radius 3 is 2.31 bits per heavy atom. The van der Waals surface area contributed by atoms with Crippen LogP contribution in [0.2, 0.25) is 0 Å². The summed E-state index contributed by atoms with van der Waals surface area (Å²) in [4.78, 5) is 45.6. The van der Waals surface area contributed by atoms with Crippen LogP contribution < -0.4 is 15.0 Å². The molecule has 1 N–H and O–H groups in total. The number of rotatable bonds is 8. The number of imide groups is 1. The van der Waals surface area contributed by atoms with Crippen molar-refractivity contribution in [2.75, 3.05) is 12.0 Å². The van der Waals surface area contributed by atoms with Crippen LogP contribution in [0.3, 0.4) is 0 Å². The first-order valence-electron chi connectivity index (χ1n) is 11.8. The van der Waals surface area contributed by atoms with E-state index < -0.39 is 28.9 Å². The smallest absolute Gasteiger partial charge is 0.446 e. The molecule has 3 aromatic rings. The van der Waals surface area contributed by atoms with E-state index in [0.29, 0.717) is 11.3 Å². The van der Waals surface area contributed by atoms with Crippen LogP contribution in [-0.2, 0) is 17.9 Å². The van der Waals surface area contributed by atoms with Gasteiger partial charge in [0.15, 0.2) is 0 Å². The fraction of sp³-hybridized carbons (Fsp3) is 0.259. The van der Waals surface area contributed by atoms with E-state index in [0.717, 1.165) is 10.5 Å². The number of amides is 4. The largest absolute Gasteiger partial charge is 0.497 e. The van der Waals surface area contributed by atoms with E-state index in [2.05, 4.69) is 10.3 Å². The second kappa shape index (κ2) is 11.0. The van der Waals surface area contributed by atoms with Crippen LogP contribution in [0.4, 0.5) is 23.7 Å². The van der Waals surface area contributed by atoms with Crippen molar-refractivity contribution in [3.8, 4) is 5.75 Å². The number of nitrogens with zero attached hydrogens (tertiary/aromatic N) is 3. The fourth-order valence-corrected chi connectivity index (χ4v) is 4.56. The highest BCUT2D eigenvalue weighted by molar-refractivity contribution is 8.00. The maximum atomic E-state index is 13.3. The number of nitrogens with one attached hydrogen (secondary N) is 1. The lowest BCUT2D eigenvalue weighted by atomic mass is 10.0. The van der Waals surface area contributed by atoms with Gasteiger partial charge >= 0.3 is 11.5 Å². The van der Waals surface area contributed by atoms with Gasteiger partial charge < -0.3 is 15.0 Å². The third-order valence-corrected chi connectivity index (χ3v) is 6.90. The molecule has 0 unspecified atom stereocenters. The third-order valence-electron chi connectivity index (χ3n) is 6.16. The zero-order chi connectivity index (χ0) is 28.4. The van der Waals surface area contributed by atoms with Crippen molar-refractivity contribution in [3.05, 3.63) is 83.7 Å². The number of benzene rings is 2. The Morgan fingerprint density at radius 2 is 1.69 bits per heavy atom. The molecule has 4 amide bonds. The Balaban J connectivity index is 1.46. The highest BCUT2D eigenvalue weighted by atomic mass is 32.2. The fourth-order valence-electron chi connectivity index (χ4n) is 4.02. The summed E-state index contributed by atoms with van der Waals surface area (Å²) < 4.78 is 43.1. The number of pyridine rings is 1. The maximum Gasteiger partial charge on any atom is 0.446 e. The summed E-state index contributed by atoms with van der Waals surface area (Å²) in [5, 5.41) is 2.80. The van der Waals surface area contributed by atoms with Gasteiger partial charge in [-0.3, -0.25) is 14.6 Å². The Hall–Kier alpha value is -4.06. The van der Waals surface area contributed by atoms with Crippen molar-refractivity contribution in [3.63, 3.8) is 0 Å². The molecule has 204 valence electrons. The normalized spacial score (nSPS) is 15.0. The standard InChI is InChI=1S/C27H25F3N4O4S/c1-26(2)24(36)34(19-6-10-21(11-7-19)39-27(28,29)30)25(37)33(26)16-18-12-13-31-22(14-18)23(35)32-15-17-4-8-20(38-3)9-5-17/h4-14H,15-16H2,1-3H3,(H,32,35). The van der Waals surface area contributed by atoms with Crippen molar-refractivity contribution >= 4 is 35.3 Å². The molecule has 2 heterocycles. The number of urea groups is 1. The second-order valence-corrected chi connectivity index (χ2v) is 10.3. The average molecular weight is 559 g/mol. The molecule has 0 aliphatic carbocycles. The number of aromatic nitrogens is 1. The molecule has 1 aliphatic heterocycles. The van der Waals surface area contributed by atoms with Crippen LogP contribution in [0.5, 0.6) is 5.75 Å². The highest BCUT2D eigenvalue weighted by Gasteiger charge is 2.51. The third kappa shape index (κ3) is 6.33. The number of thioether (sulfide) groups is 1. The van der Waals surface area contributed by atoms with Gasteiger partial charge in [-0.15, -0.1) is 0 Å². The molecule has 39 heavy (non-hydrogen) atoms. The lowest BCUT2D eigenvalue weighted by Gasteiger charge is -2.27. The molecule has 4 rings (SSSR count). The number of carbonyl (C=O) groups excluding carboxylic acids is 3. The first-order valence-corrected chi connectivity index (χ1v) is 12.6. The van der Waals surface area contributed by atoms with Crippen molar-refractivity contribution < 1.29 is 32.3 Å². The molecule has 12 heteroatoms. The molecule has 0 atom stereocenters. The molecule has 1 fully saturated rings. The van der Waals surface area contributed by atoms with Gasteiger partial charge in [0.05, 0.1) is 12.8 Å². The predicted molar refractivity (Wildman–Crippen MR) is 139 cm³/mol. The number of hydrogen-bond acceptors (Lipinski definition) is 6. The summed E-state index contributed by atoms with van der Waals surface area (Å²) in [7, 11) is 1.57. The molecule has 1 aromatic heterocycles. The van der Waals surface area contributed by atoms with Crippen molar-refractivity contribution in [1.82, 2.24) is 15.2 Å². The van der Waals surface area contributed by atoms with Gasteiger partial charge in [0, 0.05) is 24.2 Å². The molecule has 2 aromatic carbocycles. The maximum absolute atomic E-state index is 13.3. The van der Waals surface area contributed by atoms with Gasteiger partial charge in [0.25, 0.3) is 11.8 Å². The van der Waals surface area contributed by atoms with E-state index in [1.807, 2.05) is 12.1 Å². The van der Waals surface area contributed by atoms with E-state index in [-0.39, 0.29) is 41.1 Å². The summed E-state index contributed by atoms with van der Waals surface area (Å²) in [5.74, 6) is -0.224. The molecule has 8 nitrogen and oxygen atoms in total. The number of ether oxygens (including phenoxy) is 1. The number of hydrogen-bond donors (Lipinski definition) is 1.